The molecule has 0 atom stereocenters. The van der Waals surface area contributed by atoms with E-state index in [0.29, 0.717) is 48.0 Å². The zero-order valence-electron chi connectivity index (χ0n) is 20.5. The lowest BCUT2D eigenvalue weighted by molar-refractivity contribution is 0.0600. The summed E-state index contributed by atoms with van der Waals surface area (Å²) < 4.78 is 8.35. The number of hydrogen-bond donors (Lipinski definition) is 3. The van der Waals surface area contributed by atoms with Gasteiger partial charge in [-0.3, -0.25) is 14.8 Å². The van der Waals surface area contributed by atoms with Crippen LogP contribution in [0.2, 0.25) is 0 Å². The molecule has 10 heteroatoms. The van der Waals surface area contributed by atoms with Crippen LogP contribution in [0.4, 0.5) is 17.3 Å². The van der Waals surface area contributed by atoms with E-state index in [1.165, 1.54) is 7.11 Å². The van der Waals surface area contributed by atoms with Crippen LogP contribution in [0.3, 0.4) is 0 Å². The first-order valence-corrected chi connectivity index (χ1v) is 11.6. The highest BCUT2D eigenvalue weighted by atomic mass is 16.5. The second-order valence-electron chi connectivity index (χ2n) is 8.12. The molecular weight excluding hydrogens is 458 g/mol. The molecule has 0 bridgehead atoms. The SMILES string of the molecule is CCn1nc(C)cc1C(=O)Nc1nc2cc(C(=O)OC)ccc2n1C/C=C/CNc1ccccc1N. The Balaban J connectivity index is 1.59. The molecule has 0 spiro atoms. The van der Waals surface area contributed by atoms with Crippen molar-refractivity contribution < 1.29 is 14.3 Å². The molecule has 0 saturated carbocycles. The molecule has 2 heterocycles. The van der Waals surface area contributed by atoms with Crippen LogP contribution >= 0.6 is 0 Å². The second-order valence-corrected chi connectivity index (χ2v) is 8.12. The molecule has 10 nitrogen and oxygen atoms in total. The molecule has 4 rings (SSSR count). The van der Waals surface area contributed by atoms with E-state index >= 15 is 0 Å². The van der Waals surface area contributed by atoms with E-state index in [9.17, 15) is 9.59 Å². The van der Waals surface area contributed by atoms with Gasteiger partial charge in [-0.1, -0.05) is 24.3 Å². The normalized spacial score (nSPS) is 11.2. The summed E-state index contributed by atoms with van der Waals surface area (Å²) in [4.78, 5) is 29.7. The lowest BCUT2D eigenvalue weighted by Crippen LogP contribution is -2.19. The van der Waals surface area contributed by atoms with Crippen molar-refractivity contribution in [3.8, 4) is 0 Å². The highest BCUT2D eigenvalue weighted by molar-refractivity contribution is 6.03. The van der Waals surface area contributed by atoms with Crippen molar-refractivity contribution in [1.29, 1.82) is 0 Å². The third-order valence-corrected chi connectivity index (χ3v) is 5.65. The average Bonchev–Trinajstić information content (AvgIpc) is 3.43. The molecule has 4 aromatic rings. The fourth-order valence-electron chi connectivity index (χ4n) is 3.88. The number of nitrogens with zero attached hydrogens (tertiary/aromatic N) is 4. The summed E-state index contributed by atoms with van der Waals surface area (Å²) in [5, 5.41) is 10.5. The van der Waals surface area contributed by atoms with Gasteiger partial charge in [-0.2, -0.15) is 5.10 Å². The molecule has 186 valence electrons. The van der Waals surface area contributed by atoms with Crippen LogP contribution in [0.1, 0.15) is 33.5 Å². The molecule has 0 aliphatic carbocycles. The van der Waals surface area contributed by atoms with Crippen LogP contribution in [0.25, 0.3) is 11.0 Å². The number of rotatable bonds is 9. The Bertz CT molecular complexity index is 1430. The fraction of sp³-hybridized carbons (Fsp3) is 0.231. The van der Waals surface area contributed by atoms with E-state index in [4.69, 9.17) is 10.5 Å². The Hall–Kier alpha value is -4.60. The number of esters is 1. The summed E-state index contributed by atoms with van der Waals surface area (Å²) in [6.07, 6.45) is 3.94. The number of nitrogen functional groups attached to an aromatic ring is 1. The van der Waals surface area contributed by atoms with Crippen molar-refractivity contribution >= 4 is 40.2 Å². The number of imidazole rings is 1. The van der Waals surface area contributed by atoms with Crippen molar-refractivity contribution in [2.24, 2.45) is 0 Å². The van der Waals surface area contributed by atoms with Crippen molar-refractivity contribution in [3.63, 3.8) is 0 Å². The highest BCUT2D eigenvalue weighted by Gasteiger charge is 2.18. The monoisotopic (exact) mass is 487 g/mol. The fourth-order valence-corrected chi connectivity index (χ4v) is 3.88. The number of methoxy groups -OCH3 is 1. The Kier molecular flexibility index (Phi) is 7.33. The number of carbonyl (C=O) groups is 2. The van der Waals surface area contributed by atoms with Gasteiger partial charge >= 0.3 is 5.97 Å². The van der Waals surface area contributed by atoms with Gasteiger partial charge in [0.25, 0.3) is 5.91 Å². The first-order chi connectivity index (χ1) is 17.4. The minimum absolute atomic E-state index is 0.313. The molecule has 0 radical (unpaired) electrons. The summed E-state index contributed by atoms with van der Waals surface area (Å²) >= 11 is 0. The second kappa shape index (κ2) is 10.8. The summed E-state index contributed by atoms with van der Waals surface area (Å²) in [6.45, 7) is 5.35. The van der Waals surface area contributed by atoms with Crippen molar-refractivity contribution in [3.05, 3.63) is 77.6 Å². The van der Waals surface area contributed by atoms with Crippen LogP contribution in [0.15, 0.2) is 60.7 Å². The lowest BCUT2D eigenvalue weighted by Gasteiger charge is -2.09. The number of allylic oxidation sites excluding steroid dienone is 1. The van der Waals surface area contributed by atoms with Crippen LogP contribution in [0.5, 0.6) is 0 Å². The highest BCUT2D eigenvalue weighted by Crippen LogP contribution is 2.23. The maximum absolute atomic E-state index is 13.1. The molecule has 4 N–H and O–H groups in total. The number of benzene rings is 2. The van der Waals surface area contributed by atoms with Gasteiger partial charge in [-0.25, -0.2) is 9.78 Å². The molecule has 2 aromatic heterocycles. The summed E-state index contributed by atoms with van der Waals surface area (Å²) in [7, 11) is 1.33. The molecule has 36 heavy (non-hydrogen) atoms. The number of hydrogen-bond acceptors (Lipinski definition) is 7. The number of para-hydroxylation sites is 2. The molecule has 0 aliphatic heterocycles. The van der Waals surface area contributed by atoms with E-state index < -0.39 is 5.97 Å². The van der Waals surface area contributed by atoms with Gasteiger partial charge in [0.2, 0.25) is 5.95 Å². The number of ether oxygens (including phenoxy) is 1. The molecule has 0 saturated heterocycles. The standard InChI is InChI=1S/C26H29N7O3/c1-4-33-23(15-17(2)31-33)24(34)30-26-29-21-16-18(25(35)36-3)11-12-22(21)32(26)14-8-7-13-28-20-10-6-5-9-19(20)27/h5-12,15-16,28H,4,13-14,27H2,1-3H3,(H,29,30,34)/b8-7+. The smallest absolute Gasteiger partial charge is 0.337 e. The zero-order valence-corrected chi connectivity index (χ0v) is 20.5. The number of nitrogens with two attached hydrogens (primary N) is 1. The Morgan fingerprint density at radius 1 is 1.14 bits per heavy atom. The first-order valence-electron chi connectivity index (χ1n) is 11.6. The minimum atomic E-state index is -0.453. The van der Waals surface area contributed by atoms with Crippen LogP contribution < -0.4 is 16.4 Å². The van der Waals surface area contributed by atoms with Crippen molar-refractivity contribution in [1.82, 2.24) is 19.3 Å². The topological polar surface area (TPSA) is 129 Å². The van der Waals surface area contributed by atoms with Gasteiger partial charge in [-0.15, -0.1) is 0 Å². The Labute approximate surface area is 208 Å². The van der Waals surface area contributed by atoms with E-state index in [-0.39, 0.29) is 5.91 Å². The van der Waals surface area contributed by atoms with E-state index in [1.54, 1.807) is 28.9 Å². The Morgan fingerprint density at radius 2 is 1.94 bits per heavy atom. The van der Waals surface area contributed by atoms with Gasteiger partial charge < -0.3 is 20.4 Å². The molecule has 0 fully saturated rings. The van der Waals surface area contributed by atoms with Gasteiger partial charge in [0.05, 0.1) is 40.8 Å². The maximum Gasteiger partial charge on any atom is 0.337 e. The lowest BCUT2D eigenvalue weighted by atomic mass is 10.2. The molecule has 0 aliphatic rings. The quantitative estimate of drug-likeness (QED) is 0.186. The molecule has 2 aromatic carbocycles. The van der Waals surface area contributed by atoms with Crippen molar-refractivity contribution in [2.75, 3.05) is 30.0 Å². The van der Waals surface area contributed by atoms with E-state index in [0.717, 1.165) is 16.9 Å². The number of aryl methyl sites for hydroxylation is 2. The molecule has 1 amide bonds. The molecular formula is C26H29N7O3. The number of amides is 1. The largest absolute Gasteiger partial charge is 0.465 e. The maximum atomic E-state index is 13.1. The third-order valence-electron chi connectivity index (χ3n) is 5.65. The predicted molar refractivity (Wildman–Crippen MR) is 140 cm³/mol. The van der Waals surface area contributed by atoms with E-state index in [1.807, 2.05) is 54.8 Å². The van der Waals surface area contributed by atoms with Gasteiger partial charge in [-0.05, 0) is 50.2 Å². The number of carbonyl (C=O) groups excluding carboxylic acids is 2. The summed E-state index contributed by atoms with van der Waals surface area (Å²) in [5.41, 5.74) is 10.4. The van der Waals surface area contributed by atoms with Gasteiger partial charge in [0.1, 0.15) is 5.69 Å². The number of nitrogens with one attached hydrogen (secondary N) is 2. The summed E-state index contributed by atoms with van der Waals surface area (Å²) in [5.74, 6) is -0.402. The zero-order chi connectivity index (χ0) is 25.7. The molecule has 0 unspecified atom stereocenters. The van der Waals surface area contributed by atoms with Gasteiger partial charge in [0, 0.05) is 19.6 Å². The first kappa shape index (κ1) is 24.5. The van der Waals surface area contributed by atoms with Crippen LogP contribution in [0, 0.1) is 6.92 Å². The average molecular weight is 488 g/mol. The van der Waals surface area contributed by atoms with Crippen molar-refractivity contribution in [2.45, 2.75) is 26.9 Å². The minimum Gasteiger partial charge on any atom is -0.465 e. The van der Waals surface area contributed by atoms with Crippen LogP contribution in [-0.4, -0.2) is 44.9 Å². The third kappa shape index (κ3) is 5.22. The summed E-state index contributed by atoms with van der Waals surface area (Å²) in [6, 6.07) is 14.4. The van der Waals surface area contributed by atoms with E-state index in [2.05, 4.69) is 20.7 Å². The number of anilines is 3. The number of aromatic nitrogens is 4. The van der Waals surface area contributed by atoms with Crippen LogP contribution in [-0.2, 0) is 17.8 Å². The number of fused-ring (bicyclic) bond motifs is 1. The Morgan fingerprint density at radius 3 is 2.69 bits per heavy atom. The van der Waals surface area contributed by atoms with Gasteiger partial charge in [0.15, 0.2) is 0 Å². The predicted octanol–water partition coefficient (Wildman–Crippen LogP) is 3.85.